The monoisotopic (exact) mass is 261 g/mol. The highest BCUT2D eigenvalue weighted by molar-refractivity contribution is 5.97. The van der Waals surface area contributed by atoms with Crippen LogP contribution < -0.4 is 16.0 Å². The molecule has 1 aliphatic rings. The fourth-order valence-electron chi connectivity index (χ4n) is 2.09. The van der Waals surface area contributed by atoms with Crippen LogP contribution in [0.1, 0.15) is 30.1 Å². The summed E-state index contributed by atoms with van der Waals surface area (Å²) in [6.45, 7) is 3.55. The first kappa shape index (κ1) is 13.4. The predicted octanol–water partition coefficient (Wildman–Crippen LogP) is 1.13. The molecule has 1 aromatic carbocycles. The molecule has 5 nitrogen and oxygen atoms in total. The number of anilines is 1. The van der Waals surface area contributed by atoms with Crippen LogP contribution in [0.15, 0.2) is 24.3 Å². The van der Waals surface area contributed by atoms with Gasteiger partial charge in [0, 0.05) is 24.3 Å². The number of carbonyl (C=O) groups excluding carboxylic acids is 2. The molecule has 1 aromatic rings. The van der Waals surface area contributed by atoms with E-state index >= 15 is 0 Å². The molecule has 1 heterocycles. The Kier molecular flexibility index (Phi) is 4.39. The van der Waals surface area contributed by atoms with E-state index in [0.29, 0.717) is 18.5 Å². The third-order valence-corrected chi connectivity index (χ3v) is 3.12. The number of carbonyl (C=O) groups is 2. The lowest BCUT2D eigenvalue weighted by atomic mass is 10.1. The average molecular weight is 261 g/mol. The molecule has 0 radical (unpaired) electrons. The van der Waals surface area contributed by atoms with E-state index in [1.807, 2.05) is 19.1 Å². The third kappa shape index (κ3) is 3.47. The highest BCUT2D eigenvalue weighted by Crippen LogP contribution is 2.10. The van der Waals surface area contributed by atoms with Crippen LogP contribution >= 0.6 is 0 Å². The Balaban J connectivity index is 1.97. The van der Waals surface area contributed by atoms with Crippen LogP contribution in [0.25, 0.3) is 0 Å². The molecule has 0 aliphatic carbocycles. The van der Waals surface area contributed by atoms with Gasteiger partial charge in [0.15, 0.2) is 0 Å². The summed E-state index contributed by atoms with van der Waals surface area (Å²) in [5.41, 5.74) is 1.55. The van der Waals surface area contributed by atoms with Crippen molar-refractivity contribution in [1.29, 1.82) is 0 Å². The molecule has 1 aliphatic heterocycles. The lowest BCUT2D eigenvalue weighted by Gasteiger charge is -2.22. The summed E-state index contributed by atoms with van der Waals surface area (Å²) in [5.74, 6) is -0.297. The highest BCUT2D eigenvalue weighted by Gasteiger charge is 2.23. The standard InChI is InChI=1S/C14H19N3O2/c1-2-15-11-7-5-10(6-8-11)13(18)17-12-4-3-9-16-14(12)19/h5-8,12,15H,2-4,9H2,1H3,(H,16,19)(H,17,18). The zero-order chi connectivity index (χ0) is 13.7. The molecule has 1 fully saturated rings. The van der Waals surface area contributed by atoms with Gasteiger partial charge in [-0.1, -0.05) is 0 Å². The molecule has 19 heavy (non-hydrogen) atoms. The number of amides is 2. The minimum absolute atomic E-state index is 0.0936. The van der Waals surface area contributed by atoms with Gasteiger partial charge in [0.05, 0.1) is 0 Å². The average Bonchev–Trinajstić information content (AvgIpc) is 2.42. The van der Waals surface area contributed by atoms with Crippen molar-refractivity contribution in [2.24, 2.45) is 0 Å². The van der Waals surface area contributed by atoms with Gasteiger partial charge >= 0.3 is 0 Å². The van der Waals surface area contributed by atoms with Gasteiger partial charge in [0.25, 0.3) is 5.91 Å². The van der Waals surface area contributed by atoms with Crippen molar-refractivity contribution >= 4 is 17.5 Å². The SMILES string of the molecule is CCNc1ccc(C(=O)NC2CCCNC2=O)cc1. The van der Waals surface area contributed by atoms with Crippen LogP contribution in [-0.4, -0.2) is 30.9 Å². The smallest absolute Gasteiger partial charge is 0.251 e. The van der Waals surface area contributed by atoms with Gasteiger partial charge < -0.3 is 16.0 Å². The maximum absolute atomic E-state index is 12.0. The fourth-order valence-corrected chi connectivity index (χ4v) is 2.09. The second kappa shape index (κ2) is 6.22. The van der Waals surface area contributed by atoms with E-state index in [1.165, 1.54) is 0 Å². The summed E-state index contributed by atoms with van der Waals surface area (Å²) in [6, 6.07) is 6.83. The Morgan fingerprint density at radius 1 is 1.37 bits per heavy atom. The summed E-state index contributed by atoms with van der Waals surface area (Å²) >= 11 is 0. The summed E-state index contributed by atoms with van der Waals surface area (Å²) in [7, 11) is 0. The summed E-state index contributed by atoms with van der Waals surface area (Å²) in [6.07, 6.45) is 1.60. The molecule has 3 N–H and O–H groups in total. The third-order valence-electron chi connectivity index (χ3n) is 3.12. The van der Waals surface area contributed by atoms with E-state index in [0.717, 1.165) is 18.7 Å². The number of nitrogens with one attached hydrogen (secondary N) is 3. The fraction of sp³-hybridized carbons (Fsp3) is 0.429. The number of rotatable bonds is 4. The van der Waals surface area contributed by atoms with E-state index in [4.69, 9.17) is 0 Å². The Bertz CT molecular complexity index is 456. The Labute approximate surface area is 112 Å². The molecular formula is C14H19N3O2. The predicted molar refractivity (Wildman–Crippen MR) is 74.1 cm³/mol. The van der Waals surface area contributed by atoms with Crippen molar-refractivity contribution in [3.8, 4) is 0 Å². The molecule has 102 valence electrons. The van der Waals surface area contributed by atoms with E-state index in [9.17, 15) is 9.59 Å². The minimum atomic E-state index is -0.408. The van der Waals surface area contributed by atoms with E-state index in [1.54, 1.807) is 12.1 Å². The van der Waals surface area contributed by atoms with Crippen LogP contribution in [0.3, 0.4) is 0 Å². The molecule has 0 spiro atoms. The molecule has 2 amide bonds. The van der Waals surface area contributed by atoms with Crippen LogP contribution in [0, 0.1) is 0 Å². The van der Waals surface area contributed by atoms with Gasteiger partial charge in [-0.15, -0.1) is 0 Å². The molecule has 1 atom stereocenters. The van der Waals surface area contributed by atoms with Crippen molar-refractivity contribution in [2.45, 2.75) is 25.8 Å². The summed E-state index contributed by atoms with van der Waals surface area (Å²) < 4.78 is 0. The normalized spacial score (nSPS) is 18.6. The minimum Gasteiger partial charge on any atom is -0.385 e. The van der Waals surface area contributed by atoms with Gasteiger partial charge in [0.1, 0.15) is 6.04 Å². The first-order valence-electron chi connectivity index (χ1n) is 6.63. The number of benzene rings is 1. The molecule has 0 aromatic heterocycles. The molecule has 0 saturated carbocycles. The lowest BCUT2D eigenvalue weighted by molar-refractivity contribution is -0.124. The topological polar surface area (TPSA) is 70.2 Å². The van der Waals surface area contributed by atoms with Crippen LogP contribution in [-0.2, 0) is 4.79 Å². The number of hydrogen-bond donors (Lipinski definition) is 3. The molecule has 0 bridgehead atoms. The van der Waals surface area contributed by atoms with E-state index in [2.05, 4.69) is 16.0 Å². The van der Waals surface area contributed by atoms with Crippen molar-refractivity contribution in [3.05, 3.63) is 29.8 Å². The largest absolute Gasteiger partial charge is 0.385 e. The summed E-state index contributed by atoms with van der Waals surface area (Å²) in [4.78, 5) is 23.6. The first-order valence-corrected chi connectivity index (χ1v) is 6.63. The molecule has 2 rings (SSSR count). The first-order chi connectivity index (χ1) is 9.20. The van der Waals surface area contributed by atoms with Crippen LogP contribution in [0.5, 0.6) is 0 Å². The second-order valence-electron chi connectivity index (χ2n) is 4.57. The van der Waals surface area contributed by atoms with Crippen LogP contribution in [0.2, 0.25) is 0 Å². The quantitative estimate of drug-likeness (QED) is 0.761. The van der Waals surface area contributed by atoms with Gasteiger partial charge in [-0.05, 0) is 44.0 Å². The Morgan fingerprint density at radius 3 is 2.74 bits per heavy atom. The zero-order valence-electron chi connectivity index (χ0n) is 11.0. The van der Waals surface area contributed by atoms with Crippen molar-refractivity contribution < 1.29 is 9.59 Å². The number of hydrogen-bond acceptors (Lipinski definition) is 3. The van der Waals surface area contributed by atoms with E-state index < -0.39 is 6.04 Å². The second-order valence-corrected chi connectivity index (χ2v) is 4.57. The van der Waals surface area contributed by atoms with Crippen molar-refractivity contribution in [3.63, 3.8) is 0 Å². The van der Waals surface area contributed by atoms with Crippen LogP contribution in [0.4, 0.5) is 5.69 Å². The molecule has 1 saturated heterocycles. The molecule has 5 heteroatoms. The number of piperidine rings is 1. The molecule has 1 unspecified atom stereocenters. The lowest BCUT2D eigenvalue weighted by Crippen LogP contribution is -2.50. The van der Waals surface area contributed by atoms with Gasteiger partial charge in [-0.25, -0.2) is 0 Å². The maximum atomic E-state index is 12.0. The van der Waals surface area contributed by atoms with Crippen molar-refractivity contribution in [2.75, 3.05) is 18.4 Å². The van der Waals surface area contributed by atoms with Gasteiger partial charge in [-0.3, -0.25) is 9.59 Å². The van der Waals surface area contributed by atoms with Gasteiger partial charge in [0.2, 0.25) is 5.91 Å². The Morgan fingerprint density at radius 2 is 2.11 bits per heavy atom. The van der Waals surface area contributed by atoms with Gasteiger partial charge in [-0.2, -0.15) is 0 Å². The maximum Gasteiger partial charge on any atom is 0.251 e. The Hall–Kier alpha value is -2.04. The zero-order valence-corrected chi connectivity index (χ0v) is 11.0. The van der Waals surface area contributed by atoms with E-state index in [-0.39, 0.29) is 11.8 Å². The molecular weight excluding hydrogens is 242 g/mol. The summed E-state index contributed by atoms with van der Waals surface area (Å²) in [5, 5.41) is 8.68. The highest BCUT2D eigenvalue weighted by atomic mass is 16.2. The van der Waals surface area contributed by atoms with Crippen molar-refractivity contribution in [1.82, 2.24) is 10.6 Å².